The van der Waals surface area contributed by atoms with Gasteiger partial charge in [-0.1, -0.05) is 24.3 Å². The van der Waals surface area contributed by atoms with Crippen LogP contribution in [-0.2, 0) is 17.8 Å². The number of ether oxygens (including phenoxy) is 1. The lowest BCUT2D eigenvalue weighted by Gasteiger charge is -2.08. The first-order valence-corrected chi connectivity index (χ1v) is 10.1. The molecule has 8 nitrogen and oxygen atoms in total. The van der Waals surface area contributed by atoms with E-state index in [9.17, 15) is 4.79 Å². The Morgan fingerprint density at radius 1 is 1.31 bits per heavy atom. The number of halogens is 1. The Morgan fingerprint density at radius 3 is 3.00 bits per heavy atom. The topological polar surface area (TPSA) is 108 Å². The fourth-order valence-electron chi connectivity index (χ4n) is 3.25. The van der Waals surface area contributed by atoms with E-state index in [2.05, 4.69) is 32.4 Å². The summed E-state index contributed by atoms with van der Waals surface area (Å²) in [5.74, 6) is 0.967. The van der Waals surface area contributed by atoms with E-state index in [0.717, 1.165) is 18.4 Å². The number of nitrogens with one attached hydrogen (secondary N) is 1. The quantitative estimate of drug-likeness (QED) is 0.430. The van der Waals surface area contributed by atoms with Gasteiger partial charge in [0.05, 0.1) is 12.9 Å². The highest BCUT2D eigenvalue weighted by atomic mass is 35.5. The van der Waals surface area contributed by atoms with Crippen LogP contribution in [0.2, 0.25) is 5.28 Å². The summed E-state index contributed by atoms with van der Waals surface area (Å²) in [6, 6.07) is 8.37. The van der Waals surface area contributed by atoms with Gasteiger partial charge in [-0.05, 0) is 54.3 Å². The third kappa shape index (κ3) is 4.95. The molecule has 2 heterocycles. The Bertz CT molecular complexity index is 1020. The van der Waals surface area contributed by atoms with Crippen molar-refractivity contribution >= 4 is 34.7 Å². The molecule has 3 N–H and O–H groups in total. The van der Waals surface area contributed by atoms with Crippen molar-refractivity contribution in [1.29, 1.82) is 0 Å². The molecule has 0 bridgehead atoms. The van der Waals surface area contributed by atoms with E-state index in [0.29, 0.717) is 36.8 Å². The van der Waals surface area contributed by atoms with Crippen molar-refractivity contribution in [2.45, 2.75) is 44.7 Å². The highest BCUT2D eigenvalue weighted by Gasteiger charge is 2.23. The van der Waals surface area contributed by atoms with Gasteiger partial charge in [-0.25, -0.2) is 9.78 Å². The minimum atomic E-state index is -0.401. The summed E-state index contributed by atoms with van der Waals surface area (Å²) in [7, 11) is 0. The molecule has 152 valence electrons. The number of fused-ring (bicyclic) bond motifs is 1. The molecule has 0 spiro atoms. The van der Waals surface area contributed by atoms with E-state index in [1.807, 2.05) is 16.7 Å². The number of anilines is 1. The number of imidazole rings is 1. The zero-order valence-electron chi connectivity index (χ0n) is 16.0. The maximum absolute atomic E-state index is 11.9. The number of aryl methyl sites for hydroxylation is 1. The summed E-state index contributed by atoms with van der Waals surface area (Å²) in [5.41, 5.74) is 9.40. The molecule has 1 aliphatic carbocycles. The average molecular weight is 415 g/mol. The van der Waals surface area contributed by atoms with Crippen molar-refractivity contribution in [3.05, 3.63) is 47.0 Å². The number of aromatic nitrogens is 4. The van der Waals surface area contributed by atoms with Crippen LogP contribution in [-0.4, -0.2) is 32.2 Å². The predicted octanol–water partition coefficient (Wildman–Crippen LogP) is 3.65. The van der Waals surface area contributed by atoms with Gasteiger partial charge in [0.1, 0.15) is 5.52 Å². The first-order chi connectivity index (χ1) is 14.1. The number of nitrogen functional groups attached to an aromatic ring is 1. The van der Waals surface area contributed by atoms with Crippen molar-refractivity contribution in [3.63, 3.8) is 0 Å². The maximum atomic E-state index is 11.9. The van der Waals surface area contributed by atoms with Crippen LogP contribution in [0.4, 0.5) is 10.6 Å². The van der Waals surface area contributed by atoms with Crippen LogP contribution in [0.3, 0.4) is 0 Å². The number of carbonyl (C=O) groups excluding carboxylic acids is 1. The average Bonchev–Trinajstić information content (AvgIpc) is 3.48. The minimum Gasteiger partial charge on any atom is -0.450 e. The van der Waals surface area contributed by atoms with Crippen molar-refractivity contribution in [2.24, 2.45) is 0 Å². The van der Waals surface area contributed by atoms with Gasteiger partial charge in [-0.15, -0.1) is 0 Å². The minimum absolute atomic E-state index is 0.0967. The maximum Gasteiger partial charge on any atom is 0.407 e. The van der Waals surface area contributed by atoms with Gasteiger partial charge < -0.3 is 20.4 Å². The van der Waals surface area contributed by atoms with Gasteiger partial charge in [-0.2, -0.15) is 9.97 Å². The summed E-state index contributed by atoms with van der Waals surface area (Å²) in [6.07, 6.45) is 5.31. The lowest BCUT2D eigenvalue weighted by Crippen LogP contribution is -2.24. The molecule has 1 aromatic carbocycles. The van der Waals surface area contributed by atoms with Gasteiger partial charge in [-0.3, -0.25) is 0 Å². The lowest BCUT2D eigenvalue weighted by atomic mass is 10.1. The fourth-order valence-corrected chi connectivity index (χ4v) is 3.42. The Hall–Kier alpha value is -2.87. The number of benzene rings is 1. The molecule has 4 rings (SSSR count). The summed E-state index contributed by atoms with van der Waals surface area (Å²) in [4.78, 5) is 24.2. The number of nitrogens with zero attached hydrogens (tertiary/aromatic N) is 4. The molecule has 2 aromatic heterocycles. The number of unbranched alkanes of at least 4 members (excludes halogenated alkanes) is 1. The second-order valence-electron chi connectivity index (χ2n) is 7.20. The highest BCUT2D eigenvalue weighted by Crippen LogP contribution is 2.40. The Balaban J connectivity index is 1.17. The number of alkyl carbamates (subject to hydrolysis) is 1. The zero-order chi connectivity index (χ0) is 20.2. The van der Waals surface area contributed by atoms with Crippen molar-refractivity contribution in [1.82, 2.24) is 24.8 Å². The summed E-state index contributed by atoms with van der Waals surface area (Å²) < 4.78 is 7.12. The third-order valence-electron chi connectivity index (χ3n) is 4.93. The van der Waals surface area contributed by atoms with Crippen LogP contribution in [0.25, 0.3) is 11.2 Å². The second kappa shape index (κ2) is 8.65. The zero-order valence-corrected chi connectivity index (χ0v) is 16.7. The van der Waals surface area contributed by atoms with E-state index in [-0.39, 0.29) is 11.1 Å². The van der Waals surface area contributed by atoms with Crippen LogP contribution in [0.5, 0.6) is 0 Å². The van der Waals surface area contributed by atoms with E-state index < -0.39 is 6.09 Å². The van der Waals surface area contributed by atoms with Gasteiger partial charge >= 0.3 is 6.09 Å². The second-order valence-corrected chi connectivity index (χ2v) is 7.54. The molecule has 0 saturated heterocycles. The molecule has 29 heavy (non-hydrogen) atoms. The summed E-state index contributed by atoms with van der Waals surface area (Å²) in [6.45, 7) is 1.49. The van der Waals surface area contributed by atoms with E-state index >= 15 is 0 Å². The molecule has 1 amide bonds. The van der Waals surface area contributed by atoms with Crippen molar-refractivity contribution < 1.29 is 9.53 Å². The number of hydrogen-bond acceptors (Lipinski definition) is 6. The first-order valence-electron chi connectivity index (χ1n) is 9.73. The van der Waals surface area contributed by atoms with Gasteiger partial charge in [0, 0.05) is 13.1 Å². The predicted molar refractivity (Wildman–Crippen MR) is 111 cm³/mol. The standard InChI is InChI=1S/C20H23ClN6O2/c21-19-25-17(22)16-18(26-19)27(12-24-16)8-1-2-9-29-20(28)23-11-13-4-3-5-15(10-13)14-6-7-14/h3-5,10,12,14H,1-2,6-9,11H2,(H,23,28)(H2,22,25,26). The molecule has 0 radical (unpaired) electrons. The highest BCUT2D eigenvalue weighted by molar-refractivity contribution is 6.28. The van der Waals surface area contributed by atoms with E-state index in [4.69, 9.17) is 22.1 Å². The van der Waals surface area contributed by atoms with Crippen molar-refractivity contribution in [2.75, 3.05) is 12.3 Å². The molecule has 1 aliphatic rings. The molecule has 0 aliphatic heterocycles. The van der Waals surface area contributed by atoms with E-state index in [1.54, 1.807) is 6.33 Å². The van der Waals surface area contributed by atoms with Crippen molar-refractivity contribution in [3.8, 4) is 0 Å². The fraction of sp³-hybridized carbons (Fsp3) is 0.400. The van der Waals surface area contributed by atoms with Gasteiger partial charge in [0.15, 0.2) is 11.5 Å². The number of carbonyl (C=O) groups is 1. The molecular weight excluding hydrogens is 392 g/mol. The Morgan fingerprint density at radius 2 is 2.17 bits per heavy atom. The molecule has 9 heteroatoms. The number of nitrogens with two attached hydrogens (primary N) is 1. The smallest absolute Gasteiger partial charge is 0.407 e. The normalized spacial score (nSPS) is 13.6. The lowest BCUT2D eigenvalue weighted by molar-refractivity contribution is 0.143. The molecule has 0 unspecified atom stereocenters. The third-order valence-corrected chi connectivity index (χ3v) is 5.10. The van der Waals surface area contributed by atoms with Crippen LogP contribution in [0.1, 0.15) is 42.7 Å². The Kier molecular flexibility index (Phi) is 5.80. The summed E-state index contributed by atoms with van der Waals surface area (Å²) >= 11 is 5.86. The van der Waals surface area contributed by atoms with Gasteiger partial charge in [0.25, 0.3) is 0 Å². The molecule has 0 atom stereocenters. The number of rotatable bonds is 8. The van der Waals surface area contributed by atoms with Crippen LogP contribution >= 0.6 is 11.6 Å². The van der Waals surface area contributed by atoms with Crippen LogP contribution in [0.15, 0.2) is 30.6 Å². The van der Waals surface area contributed by atoms with Crippen LogP contribution in [0, 0.1) is 0 Å². The first kappa shape index (κ1) is 19.4. The van der Waals surface area contributed by atoms with E-state index in [1.165, 1.54) is 18.4 Å². The number of hydrogen-bond donors (Lipinski definition) is 2. The SMILES string of the molecule is Nc1nc(Cl)nc2c1ncn2CCCCOC(=O)NCc1cccc(C2CC2)c1. The Labute approximate surface area is 173 Å². The largest absolute Gasteiger partial charge is 0.450 e. The molecular formula is C20H23ClN6O2. The monoisotopic (exact) mass is 414 g/mol. The van der Waals surface area contributed by atoms with Crippen LogP contribution < -0.4 is 11.1 Å². The number of amides is 1. The van der Waals surface area contributed by atoms with Gasteiger partial charge in [0.2, 0.25) is 5.28 Å². The molecule has 1 saturated carbocycles. The summed E-state index contributed by atoms with van der Waals surface area (Å²) in [5, 5.41) is 2.90. The molecule has 1 fully saturated rings. The molecule has 3 aromatic rings.